The van der Waals surface area contributed by atoms with Crippen LogP contribution in [0.1, 0.15) is 12.8 Å². The van der Waals surface area contributed by atoms with E-state index in [9.17, 15) is 0 Å². The van der Waals surface area contributed by atoms with E-state index in [-0.39, 0.29) is 12.4 Å². The topological polar surface area (TPSA) is 35.8 Å². The Hall–Kier alpha value is -1.04. The normalized spacial score (nSPS) is 16.5. The Bertz CT molecular complexity index is 313. The molecule has 0 spiro atoms. The zero-order valence-corrected chi connectivity index (χ0v) is 9.39. The Morgan fingerprint density at radius 1 is 1.07 bits per heavy atom. The largest absolute Gasteiger partial charge is 0.317 e. The summed E-state index contributed by atoms with van der Waals surface area (Å²) in [7, 11) is 0. The van der Waals surface area contributed by atoms with Crippen LogP contribution >= 0.6 is 12.4 Å². The van der Waals surface area contributed by atoms with Gasteiger partial charge in [-0.1, -0.05) is 24.3 Å². The van der Waals surface area contributed by atoms with E-state index in [2.05, 4.69) is 35.7 Å². The van der Waals surface area contributed by atoms with E-state index in [0.717, 1.165) is 25.9 Å². The average molecular weight is 223 g/mol. The third-order valence-corrected chi connectivity index (χ3v) is 2.74. The van der Waals surface area contributed by atoms with E-state index in [1.165, 1.54) is 11.1 Å². The summed E-state index contributed by atoms with van der Waals surface area (Å²) in [5.74, 6) is 0.330. The molecule has 0 atom stereocenters. The molecule has 0 amide bonds. The maximum absolute atomic E-state index is 8.41. The lowest BCUT2D eigenvalue weighted by Gasteiger charge is -2.15. The van der Waals surface area contributed by atoms with Crippen LogP contribution < -0.4 is 5.32 Å². The summed E-state index contributed by atoms with van der Waals surface area (Å²) in [6, 6.07) is 10.7. The molecule has 0 radical (unpaired) electrons. The van der Waals surface area contributed by atoms with E-state index in [1.54, 1.807) is 0 Å². The molecule has 1 N–H and O–H groups in total. The highest BCUT2D eigenvalue weighted by molar-refractivity contribution is 5.85. The van der Waals surface area contributed by atoms with Crippen molar-refractivity contribution in [1.82, 2.24) is 5.32 Å². The van der Waals surface area contributed by atoms with Gasteiger partial charge < -0.3 is 5.32 Å². The second-order valence-corrected chi connectivity index (χ2v) is 3.73. The lowest BCUT2D eigenvalue weighted by Crippen LogP contribution is -2.26. The van der Waals surface area contributed by atoms with Gasteiger partial charge in [-0.25, -0.2) is 0 Å². The first-order chi connectivity index (χ1) is 6.90. The fraction of sp³-hybridized carbons (Fsp3) is 0.417. The molecular weight excluding hydrogens is 208 g/mol. The first-order valence-corrected chi connectivity index (χ1v) is 5.11. The molecule has 15 heavy (non-hydrogen) atoms. The van der Waals surface area contributed by atoms with Gasteiger partial charge in [0.15, 0.2) is 0 Å². The minimum atomic E-state index is 0. The Morgan fingerprint density at radius 2 is 1.53 bits per heavy atom. The summed E-state index contributed by atoms with van der Waals surface area (Å²) in [4.78, 5) is 0. The Labute approximate surface area is 96.7 Å². The molecule has 0 bridgehead atoms. The molecular formula is C12H15ClN2. The first-order valence-electron chi connectivity index (χ1n) is 5.11. The van der Waals surface area contributed by atoms with Crippen molar-refractivity contribution in [2.45, 2.75) is 12.8 Å². The first kappa shape index (κ1) is 12.0. The molecule has 2 aliphatic carbocycles. The fourth-order valence-corrected chi connectivity index (χ4v) is 1.61. The molecule has 0 aromatic heterocycles. The summed E-state index contributed by atoms with van der Waals surface area (Å²) in [5, 5.41) is 11.6. The molecule has 3 aliphatic rings. The number of nitrogens with one attached hydrogen (secondary N) is 1. The molecule has 0 unspecified atom stereocenters. The number of nitriles is 1. The molecule has 1 saturated heterocycles. The van der Waals surface area contributed by atoms with Gasteiger partial charge in [0.1, 0.15) is 0 Å². The van der Waals surface area contributed by atoms with Crippen LogP contribution in [0.4, 0.5) is 0 Å². The molecule has 3 heteroatoms. The van der Waals surface area contributed by atoms with Crippen molar-refractivity contribution in [2.75, 3.05) is 13.1 Å². The van der Waals surface area contributed by atoms with Crippen LogP contribution in [-0.2, 0) is 0 Å². The summed E-state index contributed by atoms with van der Waals surface area (Å²) < 4.78 is 0. The second kappa shape index (κ2) is 5.75. The van der Waals surface area contributed by atoms with Crippen LogP contribution in [0.15, 0.2) is 24.3 Å². The third-order valence-electron chi connectivity index (χ3n) is 2.74. The maximum Gasteiger partial charge on any atom is 0.0656 e. The Kier molecular flexibility index (Phi) is 4.61. The van der Waals surface area contributed by atoms with Gasteiger partial charge in [0, 0.05) is 5.92 Å². The van der Waals surface area contributed by atoms with Crippen LogP contribution in [0.3, 0.4) is 0 Å². The highest BCUT2D eigenvalue weighted by atomic mass is 35.5. The summed E-state index contributed by atoms with van der Waals surface area (Å²) in [5.41, 5.74) is 2.85. The highest BCUT2D eigenvalue weighted by Crippen LogP contribution is 2.29. The summed E-state index contributed by atoms with van der Waals surface area (Å²) in [6.45, 7) is 2.05. The number of fused-ring (bicyclic) bond motifs is 1. The number of piperidine rings is 1. The van der Waals surface area contributed by atoms with E-state index in [1.807, 2.05) is 0 Å². The fourth-order valence-electron chi connectivity index (χ4n) is 1.61. The van der Waals surface area contributed by atoms with Gasteiger partial charge in [0.25, 0.3) is 0 Å². The van der Waals surface area contributed by atoms with Gasteiger partial charge in [0.2, 0.25) is 0 Å². The van der Waals surface area contributed by atoms with Crippen molar-refractivity contribution >= 4 is 12.4 Å². The molecule has 0 saturated carbocycles. The minimum absolute atomic E-state index is 0. The molecule has 1 heterocycles. The smallest absolute Gasteiger partial charge is 0.0656 e. The van der Waals surface area contributed by atoms with Crippen molar-refractivity contribution < 1.29 is 0 Å². The molecule has 2 nitrogen and oxygen atoms in total. The zero-order valence-electron chi connectivity index (χ0n) is 8.57. The van der Waals surface area contributed by atoms with E-state index in [0.29, 0.717) is 5.92 Å². The van der Waals surface area contributed by atoms with Gasteiger partial charge >= 0.3 is 0 Å². The SMILES string of the molecule is Cl.N#CC1CCNCC1.c1cc2ccc1-2. The van der Waals surface area contributed by atoms with Gasteiger partial charge in [-0.2, -0.15) is 5.26 Å². The predicted octanol–water partition coefficient (Wildman–Crippen LogP) is 2.60. The molecule has 1 aliphatic heterocycles. The Morgan fingerprint density at radius 3 is 1.73 bits per heavy atom. The van der Waals surface area contributed by atoms with Crippen molar-refractivity contribution in [3.8, 4) is 17.2 Å². The Balaban J connectivity index is 0.000000144. The summed E-state index contributed by atoms with van der Waals surface area (Å²) >= 11 is 0. The van der Waals surface area contributed by atoms with Crippen molar-refractivity contribution in [3.63, 3.8) is 0 Å². The minimum Gasteiger partial charge on any atom is -0.317 e. The number of rotatable bonds is 0. The van der Waals surface area contributed by atoms with Crippen LogP contribution in [0, 0.1) is 17.2 Å². The van der Waals surface area contributed by atoms with Crippen LogP contribution in [0.5, 0.6) is 0 Å². The molecule has 0 aromatic rings. The van der Waals surface area contributed by atoms with E-state index in [4.69, 9.17) is 5.26 Å². The van der Waals surface area contributed by atoms with Crippen LogP contribution in [0.2, 0.25) is 0 Å². The molecule has 3 rings (SSSR count). The number of hydrogen-bond acceptors (Lipinski definition) is 2. The second-order valence-electron chi connectivity index (χ2n) is 3.73. The number of hydrogen-bond donors (Lipinski definition) is 1. The highest BCUT2D eigenvalue weighted by Gasteiger charge is 2.10. The van der Waals surface area contributed by atoms with Crippen LogP contribution in [-0.4, -0.2) is 13.1 Å². The van der Waals surface area contributed by atoms with Crippen molar-refractivity contribution in [1.29, 1.82) is 5.26 Å². The number of halogens is 1. The monoisotopic (exact) mass is 222 g/mol. The van der Waals surface area contributed by atoms with Gasteiger partial charge in [-0.05, 0) is 37.1 Å². The lowest BCUT2D eigenvalue weighted by molar-refractivity contribution is 0.444. The molecule has 80 valence electrons. The van der Waals surface area contributed by atoms with Crippen molar-refractivity contribution in [3.05, 3.63) is 24.3 Å². The zero-order chi connectivity index (χ0) is 9.80. The van der Waals surface area contributed by atoms with Crippen molar-refractivity contribution in [2.24, 2.45) is 5.92 Å². The summed E-state index contributed by atoms with van der Waals surface area (Å²) in [6.07, 6.45) is 2.08. The third kappa shape index (κ3) is 2.95. The molecule has 1 fully saturated rings. The number of nitrogens with zero attached hydrogens (tertiary/aromatic N) is 1. The number of benzene rings is 1. The lowest BCUT2D eigenvalue weighted by atomic mass is 9.95. The van der Waals surface area contributed by atoms with Gasteiger partial charge in [-0.15, -0.1) is 12.4 Å². The quantitative estimate of drug-likeness (QED) is 0.744. The van der Waals surface area contributed by atoms with Gasteiger partial charge in [0.05, 0.1) is 6.07 Å². The molecule has 0 aromatic carbocycles. The maximum atomic E-state index is 8.41. The van der Waals surface area contributed by atoms with E-state index >= 15 is 0 Å². The average Bonchev–Trinajstić information content (AvgIpc) is 2.25. The standard InChI is InChI=1S/C6H10N2.C6H4.ClH/c7-5-6-1-3-8-4-2-6;1-2-6-4-3-5(1)6;/h6,8H,1-4H2;1-4H;1H. The van der Waals surface area contributed by atoms with E-state index < -0.39 is 0 Å². The van der Waals surface area contributed by atoms with Crippen LogP contribution in [0.25, 0.3) is 11.1 Å². The van der Waals surface area contributed by atoms with Gasteiger partial charge in [-0.3, -0.25) is 0 Å². The predicted molar refractivity (Wildman–Crippen MR) is 63.9 cm³/mol.